The second kappa shape index (κ2) is 7.78. The number of carbonyl (C=O) groups excluding carboxylic acids is 3. The Morgan fingerprint density at radius 1 is 1.10 bits per heavy atom. The van der Waals surface area contributed by atoms with Crippen molar-refractivity contribution in [2.24, 2.45) is 0 Å². The molecule has 5 rings (SSSR count). The number of hydrogen-bond donors (Lipinski definition) is 2. The lowest BCUT2D eigenvalue weighted by Crippen LogP contribution is -2.58. The fraction of sp³-hybridized carbons (Fsp3) is 0.609. The van der Waals surface area contributed by atoms with Gasteiger partial charge in [0.25, 0.3) is 5.91 Å². The highest BCUT2D eigenvalue weighted by molar-refractivity contribution is 6.05. The third-order valence-corrected chi connectivity index (χ3v) is 7.31. The molecule has 7 nitrogen and oxygen atoms in total. The van der Waals surface area contributed by atoms with E-state index < -0.39 is 6.04 Å². The fourth-order valence-electron chi connectivity index (χ4n) is 5.78. The minimum Gasteiger partial charge on any atom is -0.322 e. The van der Waals surface area contributed by atoms with E-state index in [9.17, 15) is 14.4 Å². The SMILES string of the molecule is O=C1CCC(N2Cc3c(CN4CCCC5(CCCCN5)C4)cccc3C2=O)C(=O)N1. The van der Waals surface area contributed by atoms with Crippen molar-refractivity contribution in [1.29, 1.82) is 0 Å². The Kier molecular flexibility index (Phi) is 5.11. The number of nitrogens with zero attached hydrogens (tertiary/aromatic N) is 2. The van der Waals surface area contributed by atoms with E-state index in [4.69, 9.17) is 0 Å². The highest BCUT2D eigenvalue weighted by Crippen LogP contribution is 2.33. The zero-order valence-electron chi connectivity index (χ0n) is 17.4. The molecule has 2 unspecified atom stereocenters. The predicted octanol–water partition coefficient (Wildman–Crippen LogP) is 1.56. The van der Waals surface area contributed by atoms with E-state index in [1.54, 1.807) is 4.90 Å². The van der Waals surface area contributed by atoms with Crippen molar-refractivity contribution in [3.8, 4) is 0 Å². The molecule has 0 bridgehead atoms. The number of imide groups is 1. The summed E-state index contributed by atoms with van der Waals surface area (Å²) in [5.74, 6) is -0.697. The molecular weight excluding hydrogens is 380 g/mol. The van der Waals surface area contributed by atoms with Gasteiger partial charge >= 0.3 is 0 Å². The summed E-state index contributed by atoms with van der Waals surface area (Å²) in [5.41, 5.74) is 3.19. The van der Waals surface area contributed by atoms with E-state index in [1.165, 1.54) is 37.7 Å². The Bertz CT molecular complexity index is 872. The van der Waals surface area contributed by atoms with Crippen molar-refractivity contribution in [2.75, 3.05) is 19.6 Å². The summed E-state index contributed by atoms with van der Waals surface area (Å²) in [6.45, 7) is 4.54. The Hall–Kier alpha value is -2.25. The molecule has 160 valence electrons. The van der Waals surface area contributed by atoms with Gasteiger partial charge in [0, 0.05) is 37.2 Å². The predicted molar refractivity (Wildman–Crippen MR) is 112 cm³/mol. The maximum Gasteiger partial charge on any atom is 0.255 e. The Labute approximate surface area is 177 Å². The molecule has 4 heterocycles. The van der Waals surface area contributed by atoms with Crippen molar-refractivity contribution in [1.82, 2.24) is 20.4 Å². The molecule has 1 aromatic rings. The molecule has 1 spiro atoms. The molecule has 0 aromatic heterocycles. The van der Waals surface area contributed by atoms with Crippen molar-refractivity contribution in [3.05, 3.63) is 34.9 Å². The zero-order valence-corrected chi connectivity index (χ0v) is 17.4. The standard InChI is InChI=1S/C23H30N4O3/c28-20-8-7-19(21(29)25-20)27-14-18-16(5-3-6-17(18)22(27)30)13-26-12-4-10-23(15-26)9-1-2-11-24-23/h3,5-6,19,24H,1-2,4,7-15H2,(H,25,28,29). The number of carbonyl (C=O) groups is 3. The van der Waals surface area contributed by atoms with Crippen molar-refractivity contribution < 1.29 is 14.4 Å². The molecule has 3 fully saturated rings. The molecule has 7 heteroatoms. The topological polar surface area (TPSA) is 81.8 Å². The molecule has 0 radical (unpaired) electrons. The van der Waals surface area contributed by atoms with Crippen LogP contribution in [0, 0.1) is 0 Å². The van der Waals surface area contributed by atoms with Crippen LogP contribution >= 0.6 is 0 Å². The normalized spacial score (nSPS) is 29.9. The lowest BCUT2D eigenvalue weighted by molar-refractivity contribution is -0.136. The van der Waals surface area contributed by atoms with Gasteiger partial charge in [0.05, 0.1) is 0 Å². The molecule has 30 heavy (non-hydrogen) atoms. The average molecular weight is 411 g/mol. The lowest BCUT2D eigenvalue weighted by atomic mass is 9.81. The third kappa shape index (κ3) is 3.54. The number of fused-ring (bicyclic) bond motifs is 1. The zero-order chi connectivity index (χ0) is 20.7. The van der Waals surface area contributed by atoms with Crippen LogP contribution in [-0.4, -0.2) is 58.7 Å². The molecule has 3 saturated heterocycles. The van der Waals surface area contributed by atoms with Gasteiger partial charge in [-0.2, -0.15) is 0 Å². The van der Waals surface area contributed by atoms with E-state index in [0.717, 1.165) is 31.7 Å². The molecule has 3 amide bonds. The maximum absolute atomic E-state index is 13.0. The number of amides is 3. The van der Waals surface area contributed by atoms with Crippen molar-refractivity contribution >= 4 is 17.7 Å². The minimum atomic E-state index is -0.555. The Morgan fingerprint density at radius 3 is 2.77 bits per heavy atom. The molecule has 4 aliphatic rings. The van der Waals surface area contributed by atoms with Gasteiger partial charge in [0.2, 0.25) is 11.8 Å². The summed E-state index contributed by atoms with van der Waals surface area (Å²) in [4.78, 5) is 41.0. The average Bonchev–Trinajstić information content (AvgIpc) is 3.06. The first kappa shape index (κ1) is 19.7. The molecular formula is C23H30N4O3. The van der Waals surface area contributed by atoms with Crippen LogP contribution in [0.1, 0.15) is 66.4 Å². The molecule has 4 aliphatic heterocycles. The summed E-state index contributed by atoms with van der Waals surface area (Å²) in [7, 11) is 0. The molecule has 0 saturated carbocycles. The van der Waals surface area contributed by atoms with Crippen LogP contribution in [0.15, 0.2) is 18.2 Å². The van der Waals surface area contributed by atoms with Gasteiger partial charge in [-0.1, -0.05) is 18.6 Å². The lowest BCUT2D eigenvalue weighted by Gasteiger charge is -2.46. The fourth-order valence-corrected chi connectivity index (χ4v) is 5.78. The number of rotatable bonds is 3. The second-order valence-corrected chi connectivity index (χ2v) is 9.32. The minimum absolute atomic E-state index is 0.0922. The van der Waals surface area contributed by atoms with Crippen molar-refractivity contribution in [3.63, 3.8) is 0 Å². The van der Waals surface area contributed by atoms with Crippen LogP contribution in [0.3, 0.4) is 0 Å². The van der Waals surface area contributed by atoms with E-state index in [1.807, 2.05) is 12.1 Å². The largest absolute Gasteiger partial charge is 0.322 e. The second-order valence-electron chi connectivity index (χ2n) is 9.32. The van der Waals surface area contributed by atoms with Crippen LogP contribution in [0.25, 0.3) is 0 Å². The van der Waals surface area contributed by atoms with Crippen LogP contribution in [0.5, 0.6) is 0 Å². The summed E-state index contributed by atoms with van der Waals surface area (Å²) >= 11 is 0. The van der Waals surface area contributed by atoms with E-state index in [-0.39, 0.29) is 29.7 Å². The quantitative estimate of drug-likeness (QED) is 0.739. The summed E-state index contributed by atoms with van der Waals surface area (Å²) in [6.07, 6.45) is 6.95. The van der Waals surface area contributed by atoms with Gasteiger partial charge in [0.1, 0.15) is 6.04 Å². The first-order valence-corrected chi connectivity index (χ1v) is 11.3. The monoisotopic (exact) mass is 410 g/mol. The van der Waals surface area contributed by atoms with Gasteiger partial charge in [-0.05, 0) is 62.4 Å². The molecule has 2 N–H and O–H groups in total. The Morgan fingerprint density at radius 2 is 1.97 bits per heavy atom. The van der Waals surface area contributed by atoms with Crippen LogP contribution in [0.2, 0.25) is 0 Å². The number of likely N-dealkylation sites (tertiary alicyclic amines) is 1. The summed E-state index contributed by atoms with van der Waals surface area (Å²) in [6, 6.07) is 5.39. The summed E-state index contributed by atoms with van der Waals surface area (Å²) < 4.78 is 0. The molecule has 0 aliphatic carbocycles. The number of hydrogen-bond acceptors (Lipinski definition) is 5. The van der Waals surface area contributed by atoms with Gasteiger partial charge in [-0.25, -0.2) is 0 Å². The van der Waals surface area contributed by atoms with E-state index in [0.29, 0.717) is 18.5 Å². The number of benzene rings is 1. The highest BCUT2D eigenvalue weighted by Gasteiger charge is 2.40. The third-order valence-electron chi connectivity index (χ3n) is 7.31. The van der Waals surface area contributed by atoms with Gasteiger partial charge < -0.3 is 10.2 Å². The number of nitrogens with one attached hydrogen (secondary N) is 2. The maximum atomic E-state index is 13.0. The molecule has 1 aromatic carbocycles. The first-order chi connectivity index (χ1) is 14.5. The van der Waals surface area contributed by atoms with Crippen molar-refractivity contribution in [2.45, 2.75) is 69.6 Å². The van der Waals surface area contributed by atoms with Gasteiger partial charge in [0.15, 0.2) is 0 Å². The van der Waals surface area contributed by atoms with E-state index in [2.05, 4.69) is 21.6 Å². The highest BCUT2D eigenvalue weighted by atomic mass is 16.2. The van der Waals surface area contributed by atoms with E-state index >= 15 is 0 Å². The van der Waals surface area contributed by atoms with Crippen LogP contribution in [0.4, 0.5) is 0 Å². The smallest absolute Gasteiger partial charge is 0.255 e. The number of piperidine rings is 3. The Balaban J connectivity index is 1.33. The van der Waals surface area contributed by atoms with Gasteiger partial charge in [-0.3, -0.25) is 24.6 Å². The first-order valence-electron chi connectivity index (χ1n) is 11.3. The van der Waals surface area contributed by atoms with Gasteiger partial charge in [-0.15, -0.1) is 0 Å². The summed E-state index contributed by atoms with van der Waals surface area (Å²) in [5, 5.41) is 6.17. The molecule has 2 atom stereocenters. The van der Waals surface area contributed by atoms with Crippen LogP contribution in [-0.2, 0) is 22.7 Å². The van der Waals surface area contributed by atoms with Crippen LogP contribution < -0.4 is 10.6 Å².